The highest BCUT2D eigenvalue weighted by molar-refractivity contribution is 14.1. The second-order valence-corrected chi connectivity index (χ2v) is 3.47. The van der Waals surface area contributed by atoms with E-state index in [4.69, 9.17) is 5.73 Å². The SMILES string of the molecule is Nc1c(I)cnc(C(F)F)c1[N+](=O)[O-]. The van der Waals surface area contributed by atoms with E-state index < -0.39 is 22.7 Å². The maximum absolute atomic E-state index is 12.3. The summed E-state index contributed by atoms with van der Waals surface area (Å²) in [5, 5.41) is 10.4. The number of nitrogen functional groups attached to an aromatic ring is 1. The van der Waals surface area contributed by atoms with Gasteiger partial charge in [0.25, 0.3) is 6.43 Å². The van der Waals surface area contributed by atoms with Crippen LogP contribution in [0.15, 0.2) is 6.20 Å². The average Bonchev–Trinajstić information content (AvgIpc) is 2.08. The molecule has 8 heteroatoms. The lowest BCUT2D eigenvalue weighted by molar-refractivity contribution is -0.385. The molecular formula is C6H4F2IN3O2. The van der Waals surface area contributed by atoms with Crippen LogP contribution in [0.4, 0.5) is 20.2 Å². The highest BCUT2D eigenvalue weighted by Gasteiger charge is 2.27. The van der Waals surface area contributed by atoms with Gasteiger partial charge in [-0.2, -0.15) is 0 Å². The monoisotopic (exact) mass is 315 g/mol. The molecule has 0 aliphatic rings. The lowest BCUT2D eigenvalue weighted by atomic mass is 10.2. The Balaban J connectivity index is 3.45. The normalized spacial score (nSPS) is 10.6. The number of hydrogen-bond donors (Lipinski definition) is 1. The highest BCUT2D eigenvalue weighted by Crippen LogP contribution is 2.34. The zero-order valence-corrected chi connectivity index (χ0v) is 8.73. The number of nitrogens with two attached hydrogens (primary N) is 1. The van der Waals surface area contributed by atoms with Crippen LogP contribution in [0.1, 0.15) is 12.1 Å². The second kappa shape index (κ2) is 3.98. The summed E-state index contributed by atoms with van der Waals surface area (Å²) in [5.41, 5.74) is 3.31. The summed E-state index contributed by atoms with van der Waals surface area (Å²) >= 11 is 1.69. The van der Waals surface area contributed by atoms with Crippen LogP contribution in [-0.2, 0) is 0 Å². The first-order valence-electron chi connectivity index (χ1n) is 3.31. The molecule has 0 fully saturated rings. The van der Waals surface area contributed by atoms with Crippen LogP contribution in [0, 0.1) is 13.7 Å². The third-order valence-corrected chi connectivity index (χ3v) is 2.32. The zero-order valence-electron chi connectivity index (χ0n) is 6.58. The fraction of sp³-hybridized carbons (Fsp3) is 0.167. The fourth-order valence-corrected chi connectivity index (χ4v) is 1.25. The van der Waals surface area contributed by atoms with Gasteiger partial charge in [0.05, 0.1) is 8.49 Å². The standard InChI is InChI=1S/C6H4F2IN3O2/c7-6(8)4-5(12(13)14)3(10)2(9)1-11-4/h1,6H,(H2,10,11). The summed E-state index contributed by atoms with van der Waals surface area (Å²) in [7, 11) is 0. The Hall–Kier alpha value is -1.06. The van der Waals surface area contributed by atoms with Crippen molar-refractivity contribution in [1.82, 2.24) is 4.98 Å². The Morgan fingerprint density at radius 2 is 2.21 bits per heavy atom. The van der Waals surface area contributed by atoms with Gasteiger partial charge in [0, 0.05) is 6.20 Å². The topological polar surface area (TPSA) is 82.0 Å². The van der Waals surface area contributed by atoms with Crippen molar-refractivity contribution < 1.29 is 13.7 Å². The Labute approximate surface area is 90.6 Å². The Bertz CT molecular complexity index is 386. The highest BCUT2D eigenvalue weighted by atomic mass is 127. The third kappa shape index (κ3) is 1.89. The van der Waals surface area contributed by atoms with E-state index in [0.717, 1.165) is 6.20 Å². The molecule has 2 N–H and O–H groups in total. The van der Waals surface area contributed by atoms with E-state index in [0.29, 0.717) is 0 Å². The predicted octanol–water partition coefficient (Wildman–Crippen LogP) is 2.11. The van der Waals surface area contributed by atoms with Crippen molar-refractivity contribution in [2.75, 3.05) is 5.73 Å². The molecule has 1 aromatic rings. The molecule has 14 heavy (non-hydrogen) atoms. The van der Waals surface area contributed by atoms with Gasteiger partial charge in [0.2, 0.25) is 0 Å². The van der Waals surface area contributed by atoms with Gasteiger partial charge in [-0.05, 0) is 22.6 Å². The van der Waals surface area contributed by atoms with Crippen molar-refractivity contribution in [1.29, 1.82) is 0 Å². The summed E-state index contributed by atoms with van der Waals surface area (Å²) in [6, 6.07) is 0. The number of alkyl halides is 2. The molecule has 0 aliphatic carbocycles. The zero-order chi connectivity index (χ0) is 10.9. The summed E-state index contributed by atoms with van der Waals surface area (Å²) in [6.45, 7) is 0. The molecule has 0 unspecified atom stereocenters. The second-order valence-electron chi connectivity index (χ2n) is 2.31. The van der Waals surface area contributed by atoms with E-state index in [9.17, 15) is 18.9 Å². The average molecular weight is 315 g/mol. The quantitative estimate of drug-likeness (QED) is 0.515. The van der Waals surface area contributed by atoms with Gasteiger partial charge in [-0.25, -0.2) is 13.8 Å². The number of pyridine rings is 1. The van der Waals surface area contributed by atoms with Crippen molar-refractivity contribution in [2.24, 2.45) is 0 Å². The summed E-state index contributed by atoms with van der Waals surface area (Å²) < 4.78 is 24.8. The number of nitrogens with zero attached hydrogens (tertiary/aromatic N) is 2. The fourth-order valence-electron chi connectivity index (χ4n) is 0.860. The summed E-state index contributed by atoms with van der Waals surface area (Å²) in [4.78, 5) is 12.8. The Morgan fingerprint density at radius 3 is 2.64 bits per heavy atom. The van der Waals surface area contributed by atoms with E-state index in [1.54, 1.807) is 22.6 Å². The molecule has 0 aromatic carbocycles. The van der Waals surface area contributed by atoms with Gasteiger partial charge in [0.1, 0.15) is 5.69 Å². The number of halogens is 3. The lowest BCUT2D eigenvalue weighted by Gasteiger charge is -2.04. The van der Waals surface area contributed by atoms with Gasteiger partial charge in [-0.15, -0.1) is 0 Å². The van der Waals surface area contributed by atoms with Crippen LogP contribution in [0.25, 0.3) is 0 Å². The molecular weight excluding hydrogens is 311 g/mol. The maximum Gasteiger partial charge on any atom is 0.320 e. The first-order valence-corrected chi connectivity index (χ1v) is 4.39. The molecule has 0 saturated heterocycles. The van der Waals surface area contributed by atoms with Crippen LogP contribution in [0.3, 0.4) is 0 Å². The van der Waals surface area contributed by atoms with Gasteiger partial charge in [-0.1, -0.05) is 0 Å². The number of nitro groups is 1. The predicted molar refractivity (Wildman–Crippen MR) is 53.0 cm³/mol. The van der Waals surface area contributed by atoms with Crippen molar-refractivity contribution in [3.05, 3.63) is 25.6 Å². The van der Waals surface area contributed by atoms with Crippen molar-refractivity contribution in [2.45, 2.75) is 6.43 Å². The molecule has 1 rings (SSSR count). The molecule has 0 radical (unpaired) electrons. The third-order valence-electron chi connectivity index (χ3n) is 1.46. The minimum Gasteiger partial charge on any atom is -0.392 e. The van der Waals surface area contributed by atoms with E-state index >= 15 is 0 Å². The largest absolute Gasteiger partial charge is 0.392 e. The van der Waals surface area contributed by atoms with Crippen LogP contribution in [-0.4, -0.2) is 9.91 Å². The minimum atomic E-state index is -3.00. The van der Waals surface area contributed by atoms with Crippen LogP contribution in [0.5, 0.6) is 0 Å². The Kier molecular flexibility index (Phi) is 3.13. The number of aromatic nitrogens is 1. The molecule has 0 aliphatic heterocycles. The van der Waals surface area contributed by atoms with Gasteiger partial charge in [-0.3, -0.25) is 10.1 Å². The number of hydrogen-bond acceptors (Lipinski definition) is 4. The Morgan fingerprint density at radius 1 is 1.64 bits per heavy atom. The van der Waals surface area contributed by atoms with Crippen LogP contribution < -0.4 is 5.73 Å². The maximum atomic E-state index is 12.3. The lowest BCUT2D eigenvalue weighted by Crippen LogP contribution is -2.05. The molecule has 0 bridgehead atoms. The molecule has 0 saturated carbocycles. The van der Waals surface area contributed by atoms with E-state index in [1.807, 2.05) is 0 Å². The van der Waals surface area contributed by atoms with Crippen molar-refractivity contribution in [3.63, 3.8) is 0 Å². The summed E-state index contributed by atoms with van der Waals surface area (Å²) in [6.07, 6.45) is -1.93. The number of anilines is 1. The van der Waals surface area contributed by atoms with Crippen LogP contribution in [0.2, 0.25) is 0 Å². The summed E-state index contributed by atoms with van der Waals surface area (Å²) in [5.74, 6) is 0. The van der Waals surface area contributed by atoms with Crippen molar-refractivity contribution in [3.8, 4) is 0 Å². The van der Waals surface area contributed by atoms with Crippen LogP contribution >= 0.6 is 22.6 Å². The number of rotatable bonds is 2. The van der Waals surface area contributed by atoms with E-state index in [2.05, 4.69) is 4.98 Å². The molecule has 1 heterocycles. The van der Waals surface area contributed by atoms with E-state index in [1.165, 1.54) is 0 Å². The molecule has 0 spiro atoms. The minimum absolute atomic E-state index is 0.277. The molecule has 76 valence electrons. The molecule has 0 amide bonds. The van der Waals surface area contributed by atoms with Gasteiger partial charge >= 0.3 is 5.69 Å². The molecule has 1 aromatic heterocycles. The smallest absolute Gasteiger partial charge is 0.320 e. The van der Waals surface area contributed by atoms with Crippen molar-refractivity contribution >= 4 is 34.0 Å². The van der Waals surface area contributed by atoms with Gasteiger partial charge in [0.15, 0.2) is 5.69 Å². The molecule has 0 atom stereocenters. The first-order chi connectivity index (χ1) is 6.45. The van der Waals surface area contributed by atoms with Gasteiger partial charge < -0.3 is 5.73 Å². The van der Waals surface area contributed by atoms with E-state index in [-0.39, 0.29) is 9.26 Å². The first kappa shape index (κ1) is 11.0. The molecule has 5 nitrogen and oxygen atoms in total.